The molecule has 8 heteroatoms. The topological polar surface area (TPSA) is 75.6 Å². The molecule has 0 aromatic heterocycles. The zero-order chi connectivity index (χ0) is 26.5. The van der Waals surface area contributed by atoms with Crippen LogP contribution in [0.1, 0.15) is 54.8 Å². The van der Waals surface area contributed by atoms with Gasteiger partial charge in [-0.25, -0.2) is 0 Å². The zero-order valence-electron chi connectivity index (χ0n) is 20.2. The van der Waals surface area contributed by atoms with Gasteiger partial charge >= 0.3 is 12.1 Å². The van der Waals surface area contributed by atoms with Crippen LogP contribution in [0.15, 0.2) is 72.8 Å². The normalized spacial score (nSPS) is 13.2. The van der Waals surface area contributed by atoms with Crippen LogP contribution >= 0.6 is 0 Å². The van der Waals surface area contributed by atoms with Gasteiger partial charge in [0.05, 0.1) is 5.56 Å². The van der Waals surface area contributed by atoms with Gasteiger partial charge in [0.1, 0.15) is 17.9 Å². The minimum absolute atomic E-state index is 0.294. The van der Waals surface area contributed by atoms with Crippen molar-refractivity contribution in [3.63, 3.8) is 0 Å². The number of carbonyl (C=O) groups excluding carboxylic acids is 1. The lowest BCUT2D eigenvalue weighted by Gasteiger charge is -2.22. The van der Waals surface area contributed by atoms with E-state index >= 15 is 0 Å². The molecule has 2 N–H and O–H groups in total. The van der Waals surface area contributed by atoms with Crippen LogP contribution in [0, 0.1) is 5.92 Å². The molecule has 3 rings (SSSR count). The molecule has 0 heterocycles. The van der Waals surface area contributed by atoms with Crippen LogP contribution < -0.4 is 10.1 Å². The zero-order valence-corrected chi connectivity index (χ0v) is 20.2. The summed E-state index contributed by atoms with van der Waals surface area (Å²) in [6, 6.07) is 18.0. The number of aliphatic carboxylic acids is 1. The molecule has 1 amide bonds. The van der Waals surface area contributed by atoms with Crippen molar-refractivity contribution in [2.24, 2.45) is 5.92 Å². The van der Waals surface area contributed by atoms with Crippen LogP contribution in [0.2, 0.25) is 0 Å². The molecule has 2 atom stereocenters. The predicted octanol–water partition coefficient (Wildman–Crippen LogP) is 6.74. The van der Waals surface area contributed by atoms with E-state index in [1.807, 2.05) is 0 Å². The smallest absolute Gasteiger partial charge is 0.416 e. The summed E-state index contributed by atoms with van der Waals surface area (Å²) in [6.07, 6.45) is -3.96. The summed E-state index contributed by atoms with van der Waals surface area (Å²) in [7, 11) is 0. The van der Waals surface area contributed by atoms with Gasteiger partial charge in [-0.3, -0.25) is 9.59 Å². The van der Waals surface area contributed by atoms with E-state index in [9.17, 15) is 22.8 Å². The fourth-order valence-corrected chi connectivity index (χ4v) is 3.61. The Morgan fingerprint density at radius 1 is 0.861 bits per heavy atom. The number of hydrogen-bond donors (Lipinski definition) is 2. The molecule has 0 spiro atoms. The minimum atomic E-state index is -4.37. The maximum Gasteiger partial charge on any atom is 0.416 e. The summed E-state index contributed by atoms with van der Waals surface area (Å²) in [6.45, 7) is 5.53. The van der Waals surface area contributed by atoms with Crippen molar-refractivity contribution < 1.29 is 32.6 Å². The Morgan fingerprint density at radius 3 is 1.86 bits per heavy atom. The first kappa shape index (κ1) is 26.8. The lowest BCUT2D eigenvalue weighted by atomic mass is 9.98. The molecule has 0 fully saturated rings. The van der Waals surface area contributed by atoms with Crippen molar-refractivity contribution in [1.29, 1.82) is 0 Å². The highest BCUT2D eigenvalue weighted by atomic mass is 19.4. The molecule has 3 aromatic carbocycles. The predicted molar refractivity (Wildman–Crippen MR) is 131 cm³/mol. The first-order valence-electron chi connectivity index (χ1n) is 11.5. The molecule has 0 aliphatic rings. The molecule has 190 valence electrons. The number of halogens is 3. The second-order valence-electron chi connectivity index (χ2n) is 8.99. The molecule has 3 aromatic rings. The van der Waals surface area contributed by atoms with Crippen molar-refractivity contribution in [2.75, 3.05) is 0 Å². The van der Waals surface area contributed by atoms with Gasteiger partial charge in [-0.1, -0.05) is 50.2 Å². The third-order valence-corrected chi connectivity index (χ3v) is 5.63. The van der Waals surface area contributed by atoms with E-state index in [0.717, 1.165) is 23.3 Å². The van der Waals surface area contributed by atoms with Crippen LogP contribution in [0.25, 0.3) is 11.1 Å². The van der Waals surface area contributed by atoms with Crippen molar-refractivity contribution in [2.45, 2.75) is 45.5 Å². The van der Waals surface area contributed by atoms with E-state index in [-0.39, 0.29) is 6.10 Å². The molecule has 0 bridgehead atoms. The number of carbonyl (C=O) groups is 2. The summed E-state index contributed by atoms with van der Waals surface area (Å²) < 4.78 is 44.7. The van der Waals surface area contributed by atoms with Crippen molar-refractivity contribution in [3.05, 3.63) is 89.5 Å². The fraction of sp³-hybridized carbons (Fsp3) is 0.286. The summed E-state index contributed by atoms with van der Waals surface area (Å²) in [4.78, 5) is 23.2. The summed E-state index contributed by atoms with van der Waals surface area (Å²) >= 11 is 0. The van der Waals surface area contributed by atoms with Crippen LogP contribution in [0.5, 0.6) is 5.75 Å². The third kappa shape index (κ3) is 7.10. The summed E-state index contributed by atoms with van der Waals surface area (Å²) in [5.74, 6) is -0.666. The van der Waals surface area contributed by atoms with Crippen LogP contribution in [0.3, 0.4) is 0 Å². The molecule has 36 heavy (non-hydrogen) atoms. The Hall–Kier alpha value is -3.81. The van der Waals surface area contributed by atoms with Crippen LogP contribution in [-0.4, -0.2) is 23.0 Å². The number of carboxylic acids is 1. The fourth-order valence-electron chi connectivity index (χ4n) is 3.61. The van der Waals surface area contributed by atoms with Gasteiger partial charge in [0, 0.05) is 5.56 Å². The van der Waals surface area contributed by atoms with Gasteiger partial charge in [0.25, 0.3) is 5.91 Å². The lowest BCUT2D eigenvalue weighted by Crippen LogP contribution is -2.38. The maximum atomic E-state index is 12.8. The highest BCUT2D eigenvalue weighted by Gasteiger charge is 2.30. The van der Waals surface area contributed by atoms with E-state index in [0.29, 0.717) is 29.2 Å². The summed E-state index contributed by atoms with van der Waals surface area (Å²) in [5.41, 5.74) is 1.94. The monoisotopic (exact) mass is 499 g/mol. The van der Waals surface area contributed by atoms with Gasteiger partial charge in [-0.05, 0) is 72.4 Å². The molecule has 0 aliphatic carbocycles. The van der Waals surface area contributed by atoms with Crippen molar-refractivity contribution >= 4 is 11.9 Å². The van der Waals surface area contributed by atoms with Crippen molar-refractivity contribution in [3.8, 4) is 16.9 Å². The Kier molecular flexibility index (Phi) is 8.40. The molecule has 0 saturated heterocycles. The average molecular weight is 500 g/mol. The first-order valence-corrected chi connectivity index (χ1v) is 11.5. The maximum absolute atomic E-state index is 12.8. The third-order valence-electron chi connectivity index (χ3n) is 5.63. The van der Waals surface area contributed by atoms with E-state index in [2.05, 4.69) is 19.2 Å². The molecule has 0 saturated carbocycles. The number of rotatable bonds is 9. The number of benzene rings is 3. The largest absolute Gasteiger partial charge is 0.486 e. The quantitative estimate of drug-likeness (QED) is 0.342. The number of hydrogen-bond acceptors (Lipinski definition) is 3. The van der Waals surface area contributed by atoms with E-state index < -0.39 is 29.7 Å². The molecular formula is C28H28F3NO4. The Bertz CT molecular complexity index is 1170. The second-order valence-corrected chi connectivity index (χ2v) is 8.99. The Balaban J connectivity index is 1.73. The van der Waals surface area contributed by atoms with Crippen LogP contribution in [-0.2, 0) is 11.0 Å². The van der Waals surface area contributed by atoms with E-state index in [1.54, 1.807) is 48.5 Å². The number of nitrogens with one attached hydrogen (secondary N) is 1. The molecule has 0 radical (unpaired) electrons. The standard InChI is InChI=1S/C28H28F3NO4/c1-17(2)16-25(21-4-6-22(7-5-21)26(33)32-18(3)27(34)35)36-24-14-10-20(11-15-24)19-8-12-23(13-9-19)28(29,30)31/h4-15,17-18,25H,16H2,1-3H3,(H,32,33)(H,34,35). The SMILES string of the molecule is CC(C)CC(Oc1ccc(-c2ccc(C(F)(F)F)cc2)cc1)c1ccc(C(=O)NC(C)C(=O)O)cc1. The van der Waals surface area contributed by atoms with Gasteiger partial charge in [0.15, 0.2) is 0 Å². The Labute approximate surface area is 207 Å². The van der Waals surface area contributed by atoms with E-state index in [1.165, 1.54) is 19.1 Å². The molecule has 2 unspecified atom stereocenters. The molecular weight excluding hydrogens is 471 g/mol. The van der Waals surface area contributed by atoms with Crippen molar-refractivity contribution in [1.82, 2.24) is 5.32 Å². The number of alkyl halides is 3. The second kappa shape index (κ2) is 11.3. The van der Waals surface area contributed by atoms with Crippen LogP contribution in [0.4, 0.5) is 13.2 Å². The Morgan fingerprint density at radius 2 is 1.39 bits per heavy atom. The van der Waals surface area contributed by atoms with Gasteiger partial charge in [0.2, 0.25) is 0 Å². The number of ether oxygens (including phenoxy) is 1. The van der Waals surface area contributed by atoms with E-state index in [4.69, 9.17) is 9.84 Å². The lowest BCUT2D eigenvalue weighted by molar-refractivity contribution is -0.139. The first-order chi connectivity index (χ1) is 16.9. The minimum Gasteiger partial charge on any atom is -0.486 e. The van der Waals surface area contributed by atoms with Gasteiger partial charge in [-0.15, -0.1) is 0 Å². The highest BCUT2D eigenvalue weighted by molar-refractivity contribution is 5.96. The van der Waals surface area contributed by atoms with Gasteiger partial charge in [-0.2, -0.15) is 13.2 Å². The number of carboxylic acid groups (broad SMARTS) is 1. The highest BCUT2D eigenvalue weighted by Crippen LogP contribution is 2.32. The molecule has 0 aliphatic heterocycles. The average Bonchev–Trinajstić information content (AvgIpc) is 2.83. The summed E-state index contributed by atoms with van der Waals surface area (Å²) in [5, 5.41) is 11.4. The molecule has 5 nitrogen and oxygen atoms in total. The number of amides is 1. The van der Waals surface area contributed by atoms with Gasteiger partial charge < -0.3 is 15.2 Å².